The van der Waals surface area contributed by atoms with Crippen molar-refractivity contribution in [2.75, 3.05) is 6.54 Å². The summed E-state index contributed by atoms with van der Waals surface area (Å²) in [5.41, 5.74) is 0.656. The number of nitrogens with one attached hydrogen (secondary N) is 1. The highest BCUT2D eigenvalue weighted by molar-refractivity contribution is 9.11. The highest BCUT2D eigenvalue weighted by Gasteiger charge is 2.25. The quantitative estimate of drug-likeness (QED) is 0.742. The third-order valence-electron chi connectivity index (χ3n) is 3.17. The van der Waals surface area contributed by atoms with Gasteiger partial charge in [0.25, 0.3) is 0 Å². The van der Waals surface area contributed by atoms with Crippen LogP contribution < -0.4 is 5.32 Å². The number of aryl methyl sites for hydroxylation is 1. The van der Waals surface area contributed by atoms with E-state index in [4.69, 9.17) is 0 Å². The minimum atomic E-state index is -0.911. The Kier molecular flexibility index (Phi) is 5.46. The molecule has 1 N–H and O–H groups in total. The van der Waals surface area contributed by atoms with Gasteiger partial charge in [0.15, 0.2) is 0 Å². The van der Waals surface area contributed by atoms with E-state index in [1.807, 2.05) is 19.9 Å². The lowest BCUT2D eigenvalue weighted by Gasteiger charge is -2.20. The van der Waals surface area contributed by atoms with Crippen LogP contribution in [-0.4, -0.2) is 6.54 Å². The van der Waals surface area contributed by atoms with Crippen molar-refractivity contribution in [1.29, 1.82) is 0 Å². The normalized spacial score (nSPS) is 12.7. The molecule has 6 heteroatoms. The van der Waals surface area contributed by atoms with E-state index < -0.39 is 23.5 Å². The number of rotatable bonds is 5. The number of thiophene rings is 1. The van der Waals surface area contributed by atoms with Gasteiger partial charge in [0.2, 0.25) is 0 Å². The second-order valence-electron chi connectivity index (χ2n) is 4.73. The van der Waals surface area contributed by atoms with Crippen molar-refractivity contribution in [3.8, 4) is 0 Å². The van der Waals surface area contributed by atoms with Crippen LogP contribution in [0.15, 0.2) is 22.0 Å². The first-order valence-electron chi connectivity index (χ1n) is 6.57. The smallest absolute Gasteiger partial charge is 0.134 e. The van der Waals surface area contributed by atoms with E-state index in [1.165, 1.54) is 11.3 Å². The molecule has 114 valence electrons. The number of hydrogen-bond donors (Lipinski definition) is 1. The Hall–Kier alpha value is -0.850. The molecule has 1 aromatic heterocycles. The molecule has 0 spiro atoms. The zero-order valence-electron chi connectivity index (χ0n) is 11.6. The summed E-state index contributed by atoms with van der Waals surface area (Å²) in [5.74, 6) is -2.66. The van der Waals surface area contributed by atoms with E-state index in [2.05, 4.69) is 21.2 Å². The molecule has 0 aliphatic rings. The van der Waals surface area contributed by atoms with Crippen LogP contribution in [0.5, 0.6) is 0 Å². The molecule has 0 saturated carbocycles. The van der Waals surface area contributed by atoms with Gasteiger partial charge >= 0.3 is 0 Å². The van der Waals surface area contributed by atoms with Crippen LogP contribution in [0.25, 0.3) is 0 Å². The predicted molar refractivity (Wildman–Crippen MR) is 83.2 cm³/mol. The van der Waals surface area contributed by atoms with Crippen LogP contribution in [0, 0.1) is 24.4 Å². The molecule has 1 aromatic carbocycles. The Balaban J connectivity index is 2.53. The van der Waals surface area contributed by atoms with Crippen LogP contribution >= 0.6 is 27.3 Å². The summed E-state index contributed by atoms with van der Waals surface area (Å²) in [6.07, 6.45) is 0.825. The molecule has 1 atom stereocenters. The summed E-state index contributed by atoms with van der Waals surface area (Å²) in [5, 5.41) is 3.14. The molecular weight excluding hydrogens is 363 g/mol. The van der Waals surface area contributed by atoms with Crippen molar-refractivity contribution < 1.29 is 13.2 Å². The third kappa shape index (κ3) is 3.67. The molecule has 0 aliphatic carbocycles. The molecule has 1 unspecified atom stereocenters. The van der Waals surface area contributed by atoms with Crippen LogP contribution in [0.2, 0.25) is 0 Å². The average molecular weight is 378 g/mol. The number of benzene rings is 1. The molecular formula is C15H15BrF3NS. The fourth-order valence-corrected chi connectivity index (χ4v) is 3.98. The Bertz CT molecular complexity index is 619. The van der Waals surface area contributed by atoms with E-state index in [0.717, 1.165) is 32.8 Å². The molecule has 1 heterocycles. The summed E-state index contributed by atoms with van der Waals surface area (Å²) in [4.78, 5) is 0.957. The molecule has 2 aromatic rings. The Labute approximate surface area is 134 Å². The average Bonchev–Trinajstić information content (AvgIpc) is 2.71. The topological polar surface area (TPSA) is 12.0 Å². The third-order valence-corrected chi connectivity index (χ3v) is 4.74. The van der Waals surface area contributed by atoms with E-state index in [0.29, 0.717) is 6.54 Å². The van der Waals surface area contributed by atoms with Gasteiger partial charge < -0.3 is 5.32 Å². The fraction of sp³-hybridized carbons (Fsp3) is 0.333. The summed E-state index contributed by atoms with van der Waals surface area (Å²) in [7, 11) is 0. The van der Waals surface area contributed by atoms with Crippen LogP contribution in [0.3, 0.4) is 0 Å². The lowest BCUT2D eigenvalue weighted by Crippen LogP contribution is -2.25. The number of hydrogen-bond acceptors (Lipinski definition) is 2. The molecule has 0 saturated heterocycles. The van der Waals surface area contributed by atoms with Crippen molar-refractivity contribution in [2.24, 2.45) is 0 Å². The molecule has 0 amide bonds. The van der Waals surface area contributed by atoms with Gasteiger partial charge in [-0.1, -0.05) is 6.92 Å². The molecule has 0 fully saturated rings. The van der Waals surface area contributed by atoms with Crippen LogP contribution in [0.1, 0.15) is 35.4 Å². The lowest BCUT2D eigenvalue weighted by atomic mass is 9.98. The zero-order valence-corrected chi connectivity index (χ0v) is 14.0. The van der Waals surface area contributed by atoms with Crippen molar-refractivity contribution >= 4 is 27.3 Å². The minimum absolute atomic E-state index is 0.141. The summed E-state index contributed by atoms with van der Waals surface area (Å²) >= 11 is 4.88. The molecule has 0 bridgehead atoms. The minimum Gasteiger partial charge on any atom is -0.306 e. The largest absolute Gasteiger partial charge is 0.306 e. The highest BCUT2D eigenvalue weighted by atomic mass is 79.9. The Morgan fingerprint density at radius 1 is 1.19 bits per heavy atom. The maximum absolute atomic E-state index is 14.1. The summed E-state index contributed by atoms with van der Waals surface area (Å²) < 4.78 is 42.2. The van der Waals surface area contributed by atoms with Gasteiger partial charge in [-0.2, -0.15) is 0 Å². The van der Waals surface area contributed by atoms with Crippen molar-refractivity contribution in [1.82, 2.24) is 5.32 Å². The first-order chi connectivity index (χ1) is 9.93. The van der Waals surface area contributed by atoms with Crippen molar-refractivity contribution in [3.05, 3.63) is 55.4 Å². The van der Waals surface area contributed by atoms with Gasteiger partial charge in [0, 0.05) is 22.6 Å². The maximum atomic E-state index is 14.1. The maximum Gasteiger partial charge on any atom is 0.134 e. The van der Waals surface area contributed by atoms with Gasteiger partial charge in [-0.05, 0) is 47.4 Å². The van der Waals surface area contributed by atoms with Gasteiger partial charge in [-0.15, -0.1) is 11.3 Å². The first kappa shape index (κ1) is 16.5. The zero-order chi connectivity index (χ0) is 15.6. The van der Waals surface area contributed by atoms with Crippen LogP contribution in [-0.2, 0) is 0 Å². The van der Waals surface area contributed by atoms with E-state index in [1.54, 1.807) is 0 Å². The van der Waals surface area contributed by atoms with Crippen LogP contribution in [0.4, 0.5) is 13.2 Å². The summed E-state index contributed by atoms with van der Waals surface area (Å²) in [6, 6.07) is 2.65. The summed E-state index contributed by atoms with van der Waals surface area (Å²) in [6.45, 7) is 4.47. The Morgan fingerprint density at radius 2 is 1.81 bits per heavy atom. The first-order valence-corrected chi connectivity index (χ1v) is 8.18. The van der Waals surface area contributed by atoms with Gasteiger partial charge in [-0.3, -0.25) is 0 Å². The Morgan fingerprint density at radius 3 is 2.29 bits per heavy atom. The standard InChI is InChI=1S/C15H15BrF3NS/c1-3-4-20-15(10-7-13(16)21-8(10)2)14-11(18)5-9(17)6-12(14)19/h5-7,15,20H,3-4H2,1-2H3. The van der Waals surface area contributed by atoms with Gasteiger partial charge in [-0.25, -0.2) is 13.2 Å². The second-order valence-corrected chi connectivity index (χ2v) is 7.37. The predicted octanol–water partition coefficient (Wildman–Crippen LogP) is 5.33. The second kappa shape index (κ2) is 6.94. The highest BCUT2D eigenvalue weighted by Crippen LogP contribution is 2.35. The SMILES string of the molecule is CCCNC(c1cc(Br)sc1C)c1c(F)cc(F)cc1F. The number of halogens is 4. The van der Waals surface area contributed by atoms with E-state index >= 15 is 0 Å². The molecule has 1 nitrogen and oxygen atoms in total. The van der Waals surface area contributed by atoms with E-state index in [-0.39, 0.29) is 5.56 Å². The van der Waals surface area contributed by atoms with Gasteiger partial charge in [0.1, 0.15) is 17.5 Å². The fourth-order valence-electron chi connectivity index (χ4n) is 2.23. The van der Waals surface area contributed by atoms with Crippen molar-refractivity contribution in [2.45, 2.75) is 26.3 Å². The molecule has 21 heavy (non-hydrogen) atoms. The molecule has 0 aliphatic heterocycles. The molecule has 0 radical (unpaired) electrons. The monoisotopic (exact) mass is 377 g/mol. The lowest BCUT2D eigenvalue weighted by molar-refractivity contribution is 0.486. The van der Waals surface area contributed by atoms with Crippen molar-refractivity contribution in [3.63, 3.8) is 0 Å². The van der Waals surface area contributed by atoms with Gasteiger partial charge in [0.05, 0.1) is 9.83 Å². The molecule has 2 rings (SSSR count). The van der Waals surface area contributed by atoms with E-state index in [9.17, 15) is 13.2 Å².